The molecule has 2 nitrogen and oxygen atoms in total. The van der Waals surface area contributed by atoms with Crippen molar-refractivity contribution in [2.24, 2.45) is 5.73 Å². The van der Waals surface area contributed by atoms with Gasteiger partial charge in [0.1, 0.15) is 0 Å². The van der Waals surface area contributed by atoms with Crippen molar-refractivity contribution in [1.82, 2.24) is 0 Å². The van der Waals surface area contributed by atoms with Crippen LogP contribution in [0.25, 0.3) is 0 Å². The minimum atomic E-state index is -0.00649. The molecule has 126 valence electrons. The second-order valence-corrected chi connectivity index (χ2v) is 6.93. The zero-order valence-electron chi connectivity index (χ0n) is 14.7. The fourth-order valence-corrected chi connectivity index (χ4v) is 3.82. The molecule has 1 atom stereocenters. The van der Waals surface area contributed by atoms with Gasteiger partial charge in [-0.2, -0.15) is 0 Å². The van der Waals surface area contributed by atoms with Crippen LogP contribution in [0.2, 0.25) is 0 Å². The molecule has 0 aromatic carbocycles. The van der Waals surface area contributed by atoms with Crippen LogP contribution in [-0.2, 0) is 4.74 Å². The van der Waals surface area contributed by atoms with Crippen LogP contribution in [0.3, 0.4) is 0 Å². The van der Waals surface area contributed by atoms with Gasteiger partial charge < -0.3 is 10.5 Å². The second kappa shape index (κ2) is 11.5. The number of unbranched alkanes of at least 4 members (excludes halogenated alkanes) is 6. The highest BCUT2D eigenvalue weighted by Crippen LogP contribution is 2.34. The van der Waals surface area contributed by atoms with Crippen molar-refractivity contribution in [2.75, 3.05) is 6.61 Å². The highest BCUT2D eigenvalue weighted by Gasteiger charge is 2.37. The zero-order chi connectivity index (χ0) is 15.4. The van der Waals surface area contributed by atoms with Crippen LogP contribution in [0, 0.1) is 0 Å². The molecule has 0 bridgehead atoms. The van der Waals surface area contributed by atoms with Crippen molar-refractivity contribution in [3.63, 3.8) is 0 Å². The third-order valence-electron chi connectivity index (χ3n) is 5.18. The zero-order valence-corrected chi connectivity index (χ0v) is 14.7. The highest BCUT2D eigenvalue weighted by atomic mass is 16.5. The van der Waals surface area contributed by atoms with Crippen LogP contribution in [-0.4, -0.2) is 18.2 Å². The minimum absolute atomic E-state index is 0.00649. The maximum atomic E-state index is 6.58. The van der Waals surface area contributed by atoms with Crippen molar-refractivity contribution in [3.05, 3.63) is 0 Å². The molecule has 0 aromatic rings. The fraction of sp³-hybridized carbons (Fsp3) is 1.00. The van der Waals surface area contributed by atoms with E-state index in [0.29, 0.717) is 0 Å². The van der Waals surface area contributed by atoms with Crippen molar-refractivity contribution >= 4 is 0 Å². The normalized spacial score (nSPS) is 20.1. The molecule has 0 aromatic heterocycles. The lowest BCUT2D eigenvalue weighted by molar-refractivity contribution is -0.0704. The van der Waals surface area contributed by atoms with Gasteiger partial charge in [0.05, 0.1) is 5.60 Å². The van der Waals surface area contributed by atoms with Crippen LogP contribution >= 0.6 is 0 Å². The van der Waals surface area contributed by atoms with Crippen LogP contribution < -0.4 is 5.73 Å². The summed E-state index contributed by atoms with van der Waals surface area (Å²) in [5.74, 6) is 0. The molecule has 1 aliphatic carbocycles. The first-order valence-corrected chi connectivity index (χ1v) is 9.64. The Bertz CT molecular complexity index is 234. The SMILES string of the molecule is CCCCCCCCCC(N)C1(OCC)CCCCCC1. The topological polar surface area (TPSA) is 35.2 Å². The Hall–Kier alpha value is -0.0800. The first-order valence-electron chi connectivity index (χ1n) is 9.64. The van der Waals surface area contributed by atoms with Crippen molar-refractivity contribution in [1.29, 1.82) is 0 Å². The Morgan fingerprint density at radius 2 is 1.43 bits per heavy atom. The predicted octanol–water partition coefficient (Wildman–Crippen LogP) is 5.58. The number of ether oxygens (including phenoxy) is 1. The van der Waals surface area contributed by atoms with Crippen LogP contribution in [0.5, 0.6) is 0 Å². The summed E-state index contributed by atoms with van der Waals surface area (Å²) >= 11 is 0. The Morgan fingerprint density at radius 3 is 2.00 bits per heavy atom. The predicted molar refractivity (Wildman–Crippen MR) is 92.6 cm³/mol. The highest BCUT2D eigenvalue weighted by molar-refractivity contribution is 4.92. The molecule has 1 fully saturated rings. The van der Waals surface area contributed by atoms with Gasteiger partial charge in [-0.1, -0.05) is 77.6 Å². The largest absolute Gasteiger partial charge is 0.374 e. The molecule has 0 spiro atoms. The van der Waals surface area contributed by atoms with E-state index in [4.69, 9.17) is 10.5 Å². The maximum absolute atomic E-state index is 6.58. The Morgan fingerprint density at radius 1 is 0.857 bits per heavy atom. The van der Waals surface area contributed by atoms with E-state index in [1.807, 2.05) is 0 Å². The van der Waals surface area contributed by atoms with Gasteiger partial charge in [0.25, 0.3) is 0 Å². The molecule has 1 aliphatic rings. The third kappa shape index (κ3) is 7.15. The quantitative estimate of drug-likeness (QED) is 0.399. The van der Waals surface area contributed by atoms with E-state index in [1.54, 1.807) is 0 Å². The van der Waals surface area contributed by atoms with Gasteiger partial charge in [0, 0.05) is 12.6 Å². The molecule has 21 heavy (non-hydrogen) atoms. The molecule has 1 saturated carbocycles. The van der Waals surface area contributed by atoms with Gasteiger partial charge >= 0.3 is 0 Å². The van der Waals surface area contributed by atoms with Gasteiger partial charge in [-0.05, 0) is 26.2 Å². The molecule has 1 unspecified atom stereocenters. The Kier molecular flexibility index (Phi) is 10.4. The molecular formula is C19H39NO. The molecule has 2 heteroatoms. The number of hydrogen-bond acceptors (Lipinski definition) is 2. The van der Waals surface area contributed by atoms with Gasteiger partial charge in [-0.3, -0.25) is 0 Å². The van der Waals surface area contributed by atoms with Gasteiger partial charge in [0.15, 0.2) is 0 Å². The molecular weight excluding hydrogens is 258 g/mol. The number of rotatable bonds is 11. The molecule has 0 heterocycles. The summed E-state index contributed by atoms with van der Waals surface area (Å²) in [5, 5.41) is 0. The van der Waals surface area contributed by atoms with E-state index in [2.05, 4.69) is 13.8 Å². The third-order valence-corrected chi connectivity index (χ3v) is 5.18. The standard InChI is InChI=1S/C19H39NO/c1-3-5-6-7-8-9-12-15-18(20)19(21-4-2)16-13-10-11-14-17-19/h18H,3-17,20H2,1-2H3. The molecule has 1 rings (SSSR count). The summed E-state index contributed by atoms with van der Waals surface area (Å²) < 4.78 is 6.20. The fourth-order valence-electron chi connectivity index (χ4n) is 3.82. The minimum Gasteiger partial charge on any atom is -0.374 e. The Labute approximate surface area is 133 Å². The molecule has 0 radical (unpaired) electrons. The van der Waals surface area contributed by atoms with Crippen molar-refractivity contribution in [2.45, 2.75) is 115 Å². The lowest BCUT2D eigenvalue weighted by Crippen LogP contribution is -2.50. The van der Waals surface area contributed by atoms with E-state index in [0.717, 1.165) is 13.0 Å². The molecule has 2 N–H and O–H groups in total. The Balaban J connectivity index is 2.27. The van der Waals surface area contributed by atoms with E-state index < -0.39 is 0 Å². The van der Waals surface area contributed by atoms with E-state index in [-0.39, 0.29) is 11.6 Å². The smallest absolute Gasteiger partial charge is 0.0832 e. The van der Waals surface area contributed by atoms with Gasteiger partial charge in [0.2, 0.25) is 0 Å². The lowest BCUT2D eigenvalue weighted by atomic mass is 9.83. The van der Waals surface area contributed by atoms with Gasteiger partial charge in [-0.15, -0.1) is 0 Å². The van der Waals surface area contributed by atoms with E-state index >= 15 is 0 Å². The maximum Gasteiger partial charge on any atom is 0.0832 e. The van der Waals surface area contributed by atoms with Crippen LogP contribution in [0.15, 0.2) is 0 Å². The number of hydrogen-bond donors (Lipinski definition) is 1. The first-order chi connectivity index (χ1) is 10.2. The van der Waals surface area contributed by atoms with Crippen molar-refractivity contribution in [3.8, 4) is 0 Å². The molecule has 0 amide bonds. The molecule has 0 saturated heterocycles. The summed E-state index contributed by atoms with van der Waals surface area (Å²) in [7, 11) is 0. The summed E-state index contributed by atoms with van der Waals surface area (Å²) in [6, 6.07) is 0.242. The van der Waals surface area contributed by atoms with Crippen LogP contribution in [0.4, 0.5) is 0 Å². The summed E-state index contributed by atoms with van der Waals surface area (Å²) in [6.45, 7) is 5.21. The van der Waals surface area contributed by atoms with Crippen LogP contribution in [0.1, 0.15) is 104 Å². The average molecular weight is 298 g/mol. The summed E-state index contributed by atoms with van der Waals surface area (Å²) in [5.41, 5.74) is 6.57. The monoisotopic (exact) mass is 297 g/mol. The summed E-state index contributed by atoms with van der Waals surface area (Å²) in [6.07, 6.45) is 18.4. The second-order valence-electron chi connectivity index (χ2n) is 6.93. The lowest BCUT2D eigenvalue weighted by Gasteiger charge is -2.38. The molecule has 0 aliphatic heterocycles. The average Bonchev–Trinajstić information content (AvgIpc) is 2.73. The van der Waals surface area contributed by atoms with E-state index in [1.165, 1.54) is 83.5 Å². The van der Waals surface area contributed by atoms with E-state index in [9.17, 15) is 0 Å². The first kappa shape index (κ1) is 19.0. The van der Waals surface area contributed by atoms with Crippen molar-refractivity contribution < 1.29 is 4.74 Å². The number of nitrogens with two attached hydrogens (primary N) is 1. The summed E-state index contributed by atoms with van der Waals surface area (Å²) in [4.78, 5) is 0. The van der Waals surface area contributed by atoms with Gasteiger partial charge in [-0.25, -0.2) is 0 Å².